The Bertz CT molecular complexity index is 690. The first kappa shape index (κ1) is 9.65. The van der Waals surface area contributed by atoms with Gasteiger partial charge in [0, 0.05) is 5.69 Å². The van der Waals surface area contributed by atoms with Gasteiger partial charge in [-0.15, -0.1) is 0 Å². The molecule has 0 spiro atoms. The van der Waals surface area contributed by atoms with Crippen molar-refractivity contribution in [2.24, 2.45) is 0 Å². The van der Waals surface area contributed by atoms with Gasteiger partial charge < -0.3 is 16.0 Å². The third-order valence-electron chi connectivity index (χ3n) is 2.59. The summed E-state index contributed by atoms with van der Waals surface area (Å²) in [5, 5.41) is 5.68. The molecule has 2 aromatic carbocycles. The molecule has 0 radical (unpaired) electrons. The van der Waals surface area contributed by atoms with Crippen molar-refractivity contribution in [2.45, 2.75) is 0 Å². The normalized spacial score (nSPS) is 10.8. The third kappa shape index (κ3) is 1.57. The van der Waals surface area contributed by atoms with E-state index in [9.17, 15) is 0 Å². The Labute approximate surface area is 97.0 Å². The van der Waals surface area contributed by atoms with Gasteiger partial charge in [0.1, 0.15) is 0 Å². The Morgan fingerprint density at radius 2 is 1.71 bits per heavy atom. The Balaban J connectivity index is 2.26. The van der Waals surface area contributed by atoms with Crippen molar-refractivity contribution in [1.29, 1.82) is 0 Å². The van der Waals surface area contributed by atoms with Crippen molar-refractivity contribution in [3.05, 3.63) is 36.4 Å². The Morgan fingerprint density at radius 3 is 2.35 bits per heavy atom. The predicted octanol–water partition coefficient (Wildman–Crippen LogP) is 2.05. The highest BCUT2D eigenvalue weighted by Gasteiger charge is 2.11. The first-order valence-corrected chi connectivity index (χ1v) is 5.12. The van der Waals surface area contributed by atoms with E-state index in [1.807, 2.05) is 36.4 Å². The molecule has 0 bridgehead atoms. The first-order chi connectivity index (χ1) is 8.24. The van der Waals surface area contributed by atoms with Crippen molar-refractivity contribution in [1.82, 2.24) is 10.1 Å². The van der Waals surface area contributed by atoms with Crippen molar-refractivity contribution in [3.8, 4) is 11.5 Å². The lowest BCUT2D eigenvalue weighted by molar-refractivity contribution is 0.433. The van der Waals surface area contributed by atoms with Gasteiger partial charge in [0.15, 0.2) is 0 Å². The molecule has 4 N–H and O–H groups in total. The Kier molecular flexibility index (Phi) is 1.98. The SMILES string of the molecule is Nc1noc(-c2cc3ccccc3cc2N)n1. The number of hydrogen-bond acceptors (Lipinski definition) is 5. The fraction of sp³-hybridized carbons (Fsp3) is 0. The molecule has 0 aliphatic carbocycles. The molecule has 5 nitrogen and oxygen atoms in total. The number of anilines is 2. The quantitative estimate of drug-likeness (QED) is 0.619. The van der Waals surface area contributed by atoms with E-state index in [1.54, 1.807) is 0 Å². The van der Waals surface area contributed by atoms with Crippen LogP contribution in [-0.2, 0) is 0 Å². The number of aromatic nitrogens is 2. The van der Waals surface area contributed by atoms with Crippen LogP contribution >= 0.6 is 0 Å². The molecule has 1 aromatic heterocycles. The highest BCUT2D eigenvalue weighted by Crippen LogP contribution is 2.29. The Morgan fingerprint density at radius 1 is 1.00 bits per heavy atom. The molecule has 3 aromatic rings. The van der Waals surface area contributed by atoms with Crippen LogP contribution in [0.1, 0.15) is 0 Å². The minimum absolute atomic E-state index is 0.104. The van der Waals surface area contributed by atoms with Gasteiger partial charge in [0.05, 0.1) is 5.56 Å². The van der Waals surface area contributed by atoms with Gasteiger partial charge in [-0.3, -0.25) is 0 Å². The summed E-state index contributed by atoms with van der Waals surface area (Å²) in [6, 6.07) is 11.7. The number of hydrogen-bond donors (Lipinski definition) is 2. The largest absolute Gasteiger partial charge is 0.398 e. The summed E-state index contributed by atoms with van der Waals surface area (Å²) < 4.78 is 5.01. The molecule has 0 fully saturated rings. The van der Waals surface area contributed by atoms with Crippen LogP contribution in [0.15, 0.2) is 40.9 Å². The second-order valence-corrected chi connectivity index (χ2v) is 3.74. The summed E-state index contributed by atoms with van der Waals surface area (Å²) in [5.41, 5.74) is 12.7. The van der Waals surface area contributed by atoms with E-state index in [0.29, 0.717) is 17.1 Å². The lowest BCUT2D eigenvalue weighted by Gasteiger charge is -2.03. The summed E-state index contributed by atoms with van der Waals surface area (Å²) in [7, 11) is 0. The second kappa shape index (κ2) is 3.48. The molecule has 3 rings (SSSR count). The summed E-state index contributed by atoms with van der Waals surface area (Å²) in [4.78, 5) is 3.97. The van der Waals surface area contributed by atoms with Crippen LogP contribution < -0.4 is 11.5 Å². The van der Waals surface area contributed by atoms with Crippen LogP contribution in [0.3, 0.4) is 0 Å². The van der Waals surface area contributed by atoms with Crippen LogP contribution in [0.4, 0.5) is 11.6 Å². The molecule has 0 unspecified atom stereocenters. The van der Waals surface area contributed by atoms with E-state index in [4.69, 9.17) is 16.0 Å². The fourth-order valence-electron chi connectivity index (χ4n) is 1.79. The lowest BCUT2D eigenvalue weighted by Crippen LogP contribution is -1.91. The van der Waals surface area contributed by atoms with Crippen molar-refractivity contribution >= 4 is 22.4 Å². The molecular formula is C12H10N4O. The summed E-state index contributed by atoms with van der Waals surface area (Å²) >= 11 is 0. The van der Waals surface area contributed by atoms with E-state index in [0.717, 1.165) is 10.8 Å². The van der Waals surface area contributed by atoms with Gasteiger partial charge in [-0.2, -0.15) is 4.98 Å². The zero-order chi connectivity index (χ0) is 11.8. The lowest BCUT2D eigenvalue weighted by atomic mass is 10.1. The highest BCUT2D eigenvalue weighted by atomic mass is 16.5. The second-order valence-electron chi connectivity index (χ2n) is 3.74. The van der Waals surface area contributed by atoms with E-state index in [-0.39, 0.29) is 5.95 Å². The maximum atomic E-state index is 5.96. The minimum Gasteiger partial charge on any atom is -0.398 e. The topological polar surface area (TPSA) is 91.0 Å². The highest BCUT2D eigenvalue weighted by molar-refractivity contribution is 5.92. The van der Waals surface area contributed by atoms with Crippen molar-refractivity contribution < 1.29 is 4.52 Å². The molecular weight excluding hydrogens is 216 g/mol. The summed E-state index contributed by atoms with van der Waals surface area (Å²) in [6.45, 7) is 0. The van der Waals surface area contributed by atoms with Gasteiger partial charge >= 0.3 is 0 Å². The van der Waals surface area contributed by atoms with Crippen molar-refractivity contribution in [2.75, 3.05) is 11.5 Å². The van der Waals surface area contributed by atoms with Gasteiger partial charge in [-0.1, -0.05) is 24.3 Å². The number of nitrogens with two attached hydrogens (primary N) is 2. The van der Waals surface area contributed by atoms with Gasteiger partial charge in [0.25, 0.3) is 11.8 Å². The molecule has 0 amide bonds. The van der Waals surface area contributed by atoms with E-state index >= 15 is 0 Å². The zero-order valence-corrected chi connectivity index (χ0v) is 8.92. The van der Waals surface area contributed by atoms with Crippen LogP contribution in [0.2, 0.25) is 0 Å². The van der Waals surface area contributed by atoms with Crippen molar-refractivity contribution in [3.63, 3.8) is 0 Å². The third-order valence-corrected chi connectivity index (χ3v) is 2.59. The number of fused-ring (bicyclic) bond motifs is 1. The van der Waals surface area contributed by atoms with Crippen LogP contribution in [0, 0.1) is 0 Å². The standard InChI is InChI=1S/C12H10N4O/c13-10-6-8-4-2-1-3-7(8)5-9(10)11-15-12(14)16-17-11/h1-6H,13H2,(H2,14,16). The molecule has 5 heteroatoms. The molecule has 84 valence electrons. The molecule has 1 heterocycles. The van der Waals surface area contributed by atoms with E-state index < -0.39 is 0 Å². The molecule has 17 heavy (non-hydrogen) atoms. The smallest absolute Gasteiger partial charge is 0.261 e. The van der Waals surface area contributed by atoms with Gasteiger partial charge in [0.2, 0.25) is 0 Å². The monoisotopic (exact) mass is 226 g/mol. The molecule has 0 saturated carbocycles. The number of rotatable bonds is 1. The first-order valence-electron chi connectivity index (χ1n) is 5.12. The predicted molar refractivity (Wildman–Crippen MR) is 66.1 cm³/mol. The number of nitrogen functional groups attached to an aromatic ring is 2. The van der Waals surface area contributed by atoms with Crippen LogP contribution in [-0.4, -0.2) is 10.1 Å². The van der Waals surface area contributed by atoms with Gasteiger partial charge in [-0.05, 0) is 28.1 Å². The number of benzene rings is 2. The fourth-order valence-corrected chi connectivity index (χ4v) is 1.79. The van der Waals surface area contributed by atoms with Crippen LogP contribution in [0.5, 0.6) is 0 Å². The molecule has 0 aliphatic rings. The molecule has 0 atom stereocenters. The van der Waals surface area contributed by atoms with E-state index in [2.05, 4.69) is 10.1 Å². The number of nitrogens with zero attached hydrogens (tertiary/aromatic N) is 2. The minimum atomic E-state index is 0.104. The summed E-state index contributed by atoms with van der Waals surface area (Å²) in [5.74, 6) is 0.443. The van der Waals surface area contributed by atoms with Gasteiger partial charge in [-0.25, -0.2) is 0 Å². The summed E-state index contributed by atoms with van der Waals surface area (Å²) in [6.07, 6.45) is 0. The molecule has 0 saturated heterocycles. The zero-order valence-electron chi connectivity index (χ0n) is 8.92. The van der Waals surface area contributed by atoms with E-state index in [1.165, 1.54) is 0 Å². The van der Waals surface area contributed by atoms with Crippen LogP contribution in [0.25, 0.3) is 22.2 Å². The maximum Gasteiger partial charge on any atom is 0.261 e. The maximum absolute atomic E-state index is 5.96. The Hall–Kier alpha value is -2.56. The average molecular weight is 226 g/mol. The molecule has 0 aliphatic heterocycles. The average Bonchev–Trinajstić information content (AvgIpc) is 2.75.